The Kier molecular flexibility index (Phi) is 3.06. The summed E-state index contributed by atoms with van der Waals surface area (Å²) in [5, 5.41) is 9.36. The van der Waals surface area contributed by atoms with Crippen LogP contribution < -0.4 is 0 Å². The Hall–Kier alpha value is -0.830. The molecule has 1 atom stereocenters. The Morgan fingerprint density at radius 2 is 2.25 bits per heavy atom. The molecular weight excluding hydrogens is 268 g/mol. The molecule has 0 saturated heterocycles. The van der Waals surface area contributed by atoms with E-state index in [0.29, 0.717) is 12.3 Å². The number of carboxylic acid groups (broad SMARTS) is 1. The van der Waals surface area contributed by atoms with Crippen molar-refractivity contribution in [2.45, 2.75) is 26.2 Å². The van der Waals surface area contributed by atoms with Gasteiger partial charge in [0.05, 0.1) is 5.41 Å². The summed E-state index contributed by atoms with van der Waals surface area (Å²) in [5.74, 6) is -0.320. The number of hydrogen-bond donors (Lipinski definition) is 1. The molecule has 1 N–H and O–H groups in total. The molecule has 1 aliphatic rings. The molecule has 2 nitrogen and oxygen atoms in total. The molecule has 1 aromatic carbocycles. The SMILES string of the molecule is CC(Cc1cccc(Br)c1)(C(=O)O)C1CC1. The number of carboxylic acids is 1. The first-order valence-corrected chi connectivity index (χ1v) is 6.29. The Morgan fingerprint density at radius 1 is 1.56 bits per heavy atom. The molecule has 0 radical (unpaired) electrons. The molecule has 1 aliphatic carbocycles. The lowest BCUT2D eigenvalue weighted by molar-refractivity contribution is -0.149. The molecule has 1 fully saturated rings. The van der Waals surface area contributed by atoms with Crippen LogP contribution in [0.3, 0.4) is 0 Å². The van der Waals surface area contributed by atoms with Crippen LogP contribution in [0.2, 0.25) is 0 Å². The molecule has 0 aromatic heterocycles. The Balaban J connectivity index is 2.21. The largest absolute Gasteiger partial charge is 0.481 e. The zero-order valence-electron chi connectivity index (χ0n) is 9.24. The zero-order chi connectivity index (χ0) is 11.8. The molecule has 16 heavy (non-hydrogen) atoms. The Labute approximate surface area is 104 Å². The molecule has 0 bridgehead atoms. The van der Waals surface area contributed by atoms with Gasteiger partial charge in [-0.1, -0.05) is 28.1 Å². The molecule has 0 aliphatic heterocycles. The minimum absolute atomic E-state index is 0.351. The van der Waals surface area contributed by atoms with Crippen LogP contribution >= 0.6 is 15.9 Å². The highest BCUT2D eigenvalue weighted by Gasteiger charge is 2.47. The van der Waals surface area contributed by atoms with E-state index in [2.05, 4.69) is 15.9 Å². The number of carbonyl (C=O) groups is 1. The van der Waals surface area contributed by atoms with E-state index in [-0.39, 0.29) is 0 Å². The molecule has 0 amide bonds. The molecule has 0 heterocycles. The maximum atomic E-state index is 11.4. The van der Waals surface area contributed by atoms with Gasteiger partial charge in [-0.15, -0.1) is 0 Å². The first-order valence-electron chi connectivity index (χ1n) is 5.50. The van der Waals surface area contributed by atoms with Gasteiger partial charge in [-0.2, -0.15) is 0 Å². The van der Waals surface area contributed by atoms with Crippen molar-refractivity contribution >= 4 is 21.9 Å². The van der Waals surface area contributed by atoms with Crippen molar-refractivity contribution in [2.24, 2.45) is 11.3 Å². The number of benzene rings is 1. The molecule has 1 aromatic rings. The summed E-state index contributed by atoms with van der Waals surface area (Å²) in [6.07, 6.45) is 2.72. The zero-order valence-corrected chi connectivity index (χ0v) is 10.8. The Bertz CT molecular complexity index is 412. The van der Waals surface area contributed by atoms with E-state index >= 15 is 0 Å². The lowest BCUT2D eigenvalue weighted by Gasteiger charge is -2.24. The smallest absolute Gasteiger partial charge is 0.309 e. The van der Waals surface area contributed by atoms with E-state index in [9.17, 15) is 9.90 Å². The van der Waals surface area contributed by atoms with Crippen LogP contribution in [0.15, 0.2) is 28.7 Å². The predicted octanol–water partition coefficient (Wildman–Crippen LogP) is 3.49. The first kappa shape index (κ1) is 11.6. The maximum absolute atomic E-state index is 11.4. The summed E-state index contributed by atoms with van der Waals surface area (Å²) in [6, 6.07) is 7.91. The van der Waals surface area contributed by atoms with Crippen LogP contribution in [0, 0.1) is 11.3 Å². The summed E-state index contributed by atoms with van der Waals surface area (Å²) in [7, 11) is 0. The quantitative estimate of drug-likeness (QED) is 0.918. The summed E-state index contributed by atoms with van der Waals surface area (Å²) >= 11 is 3.41. The van der Waals surface area contributed by atoms with E-state index in [0.717, 1.165) is 22.9 Å². The fourth-order valence-electron chi connectivity index (χ4n) is 2.19. The third kappa shape index (κ3) is 2.29. The van der Waals surface area contributed by atoms with Gasteiger partial charge in [0.15, 0.2) is 0 Å². The van der Waals surface area contributed by atoms with Crippen molar-refractivity contribution in [3.8, 4) is 0 Å². The number of aliphatic carboxylic acids is 1. The van der Waals surface area contributed by atoms with Crippen LogP contribution in [0.1, 0.15) is 25.3 Å². The van der Waals surface area contributed by atoms with Gasteiger partial charge >= 0.3 is 5.97 Å². The topological polar surface area (TPSA) is 37.3 Å². The van der Waals surface area contributed by atoms with Crippen LogP contribution in [-0.4, -0.2) is 11.1 Å². The van der Waals surface area contributed by atoms with E-state index in [4.69, 9.17) is 0 Å². The summed E-state index contributed by atoms with van der Waals surface area (Å²) in [6.45, 7) is 1.87. The second kappa shape index (κ2) is 4.21. The van der Waals surface area contributed by atoms with Crippen LogP contribution in [0.5, 0.6) is 0 Å². The first-order chi connectivity index (χ1) is 7.52. The normalized spacial score (nSPS) is 19.1. The second-order valence-electron chi connectivity index (χ2n) is 4.80. The highest BCUT2D eigenvalue weighted by atomic mass is 79.9. The molecule has 3 heteroatoms. The van der Waals surface area contributed by atoms with Gasteiger partial charge in [-0.3, -0.25) is 4.79 Å². The second-order valence-corrected chi connectivity index (χ2v) is 5.72. The molecule has 1 saturated carbocycles. The van der Waals surface area contributed by atoms with Gasteiger partial charge in [0.25, 0.3) is 0 Å². The van der Waals surface area contributed by atoms with Gasteiger partial charge in [-0.25, -0.2) is 0 Å². The molecule has 2 rings (SSSR count). The fraction of sp³-hybridized carbons (Fsp3) is 0.462. The van der Waals surface area contributed by atoms with Crippen LogP contribution in [-0.2, 0) is 11.2 Å². The third-order valence-electron chi connectivity index (χ3n) is 3.43. The summed E-state index contributed by atoms with van der Waals surface area (Å²) in [4.78, 5) is 11.4. The molecule has 1 unspecified atom stereocenters. The van der Waals surface area contributed by atoms with E-state index in [1.54, 1.807) is 0 Å². The van der Waals surface area contributed by atoms with E-state index in [1.807, 2.05) is 31.2 Å². The monoisotopic (exact) mass is 282 g/mol. The highest BCUT2D eigenvalue weighted by molar-refractivity contribution is 9.10. The van der Waals surface area contributed by atoms with Gasteiger partial charge in [-0.05, 0) is 49.8 Å². The molecular formula is C13H15BrO2. The Morgan fingerprint density at radius 3 is 2.75 bits per heavy atom. The number of rotatable bonds is 4. The van der Waals surface area contributed by atoms with Crippen molar-refractivity contribution < 1.29 is 9.90 Å². The van der Waals surface area contributed by atoms with Crippen molar-refractivity contribution in [3.05, 3.63) is 34.3 Å². The van der Waals surface area contributed by atoms with Crippen molar-refractivity contribution in [1.82, 2.24) is 0 Å². The van der Waals surface area contributed by atoms with Crippen molar-refractivity contribution in [1.29, 1.82) is 0 Å². The lowest BCUT2D eigenvalue weighted by atomic mass is 9.79. The van der Waals surface area contributed by atoms with Gasteiger partial charge in [0, 0.05) is 4.47 Å². The summed E-state index contributed by atoms with van der Waals surface area (Å²) < 4.78 is 1.01. The minimum Gasteiger partial charge on any atom is -0.481 e. The third-order valence-corrected chi connectivity index (χ3v) is 3.92. The van der Waals surface area contributed by atoms with Crippen LogP contribution in [0.4, 0.5) is 0 Å². The van der Waals surface area contributed by atoms with Gasteiger partial charge in [0.2, 0.25) is 0 Å². The average molecular weight is 283 g/mol. The van der Waals surface area contributed by atoms with E-state index < -0.39 is 11.4 Å². The number of halogens is 1. The average Bonchev–Trinajstić information content (AvgIpc) is 3.00. The molecule has 86 valence electrons. The van der Waals surface area contributed by atoms with Gasteiger partial charge in [0.1, 0.15) is 0 Å². The maximum Gasteiger partial charge on any atom is 0.309 e. The molecule has 0 spiro atoms. The standard InChI is InChI=1S/C13H15BrO2/c1-13(12(15)16,10-5-6-10)8-9-3-2-4-11(14)7-9/h2-4,7,10H,5-6,8H2,1H3,(H,15,16). The van der Waals surface area contributed by atoms with Crippen molar-refractivity contribution in [3.63, 3.8) is 0 Å². The van der Waals surface area contributed by atoms with Gasteiger partial charge < -0.3 is 5.11 Å². The van der Waals surface area contributed by atoms with Crippen molar-refractivity contribution in [2.75, 3.05) is 0 Å². The summed E-state index contributed by atoms with van der Waals surface area (Å²) in [5.41, 5.74) is 0.493. The predicted molar refractivity (Wildman–Crippen MR) is 66.3 cm³/mol. The van der Waals surface area contributed by atoms with Crippen LogP contribution in [0.25, 0.3) is 0 Å². The number of hydrogen-bond acceptors (Lipinski definition) is 1. The minimum atomic E-state index is -0.671. The highest BCUT2D eigenvalue weighted by Crippen LogP contribution is 2.47. The fourth-order valence-corrected chi connectivity index (χ4v) is 2.63. The lowest BCUT2D eigenvalue weighted by Crippen LogP contribution is -2.32. The van der Waals surface area contributed by atoms with E-state index in [1.165, 1.54) is 0 Å².